The predicted octanol–water partition coefficient (Wildman–Crippen LogP) is 2.98. The Bertz CT molecular complexity index is 894. The second-order valence-corrected chi connectivity index (χ2v) is 7.14. The molecule has 1 saturated heterocycles. The van der Waals surface area contributed by atoms with Crippen LogP contribution in [0.25, 0.3) is 5.65 Å². The molecule has 4 rings (SSSR count). The first-order chi connectivity index (χ1) is 11.8. The Morgan fingerprint density at radius 2 is 1.96 bits per heavy atom. The van der Waals surface area contributed by atoms with Crippen molar-refractivity contribution < 1.29 is 0 Å². The Morgan fingerprint density at radius 1 is 1.12 bits per heavy atom. The standard InChI is InChI=1S/C19H19N3OS/c23-19-12-16(20-18-8-4-5-9-22(18)19)13-21-10-11-24-14-17(21)15-6-2-1-3-7-15/h1-9,12,17H,10-11,13-14H2/t17-/m0/s1. The zero-order valence-electron chi connectivity index (χ0n) is 13.3. The molecule has 1 aromatic carbocycles. The van der Waals surface area contributed by atoms with Crippen LogP contribution in [0.2, 0.25) is 0 Å². The molecule has 0 saturated carbocycles. The highest BCUT2D eigenvalue weighted by atomic mass is 32.2. The molecule has 1 aliphatic heterocycles. The summed E-state index contributed by atoms with van der Waals surface area (Å²) < 4.78 is 1.59. The highest BCUT2D eigenvalue weighted by molar-refractivity contribution is 7.99. The summed E-state index contributed by atoms with van der Waals surface area (Å²) in [6.45, 7) is 1.72. The number of pyridine rings is 1. The number of nitrogens with zero attached hydrogens (tertiary/aromatic N) is 3. The van der Waals surface area contributed by atoms with Crippen LogP contribution < -0.4 is 5.56 Å². The molecule has 0 spiro atoms. The first-order valence-electron chi connectivity index (χ1n) is 8.15. The van der Waals surface area contributed by atoms with Crippen LogP contribution in [0.1, 0.15) is 17.3 Å². The largest absolute Gasteiger partial charge is 0.289 e. The van der Waals surface area contributed by atoms with E-state index in [9.17, 15) is 4.79 Å². The summed E-state index contributed by atoms with van der Waals surface area (Å²) in [7, 11) is 0. The van der Waals surface area contributed by atoms with Crippen LogP contribution in [0, 0.1) is 0 Å². The third-order valence-electron chi connectivity index (χ3n) is 4.41. The number of fused-ring (bicyclic) bond motifs is 1. The Balaban J connectivity index is 1.64. The molecule has 24 heavy (non-hydrogen) atoms. The Labute approximate surface area is 145 Å². The van der Waals surface area contributed by atoms with Gasteiger partial charge in [-0.05, 0) is 17.7 Å². The van der Waals surface area contributed by atoms with E-state index in [1.165, 1.54) is 5.56 Å². The van der Waals surface area contributed by atoms with Crippen molar-refractivity contribution >= 4 is 17.4 Å². The van der Waals surface area contributed by atoms with Crippen LogP contribution in [0.5, 0.6) is 0 Å². The van der Waals surface area contributed by atoms with Gasteiger partial charge >= 0.3 is 0 Å². The van der Waals surface area contributed by atoms with Crippen molar-refractivity contribution in [3.05, 3.63) is 82.4 Å². The van der Waals surface area contributed by atoms with Crippen LogP contribution >= 0.6 is 11.8 Å². The van der Waals surface area contributed by atoms with Gasteiger partial charge in [0.05, 0.1) is 5.69 Å². The number of benzene rings is 1. The fraction of sp³-hybridized carbons (Fsp3) is 0.263. The Kier molecular flexibility index (Phi) is 4.36. The lowest BCUT2D eigenvalue weighted by molar-refractivity contribution is 0.209. The molecule has 0 aliphatic carbocycles. The smallest absolute Gasteiger partial charge is 0.258 e. The summed E-state index contributed by atoms with van der Waals surface area (Å²) in [5.74, 6) is 2.20. The lowest BCUT2D eigenvalue weighted by atomic mass is 10.1. The predicted molar refractivity (Wildman–Crippen MR) is 98.4 cm³/mol. The van der Waals surface area contributed by atoms with E-state index in [1.807, 2.05) is 30.0 Å². The molecule has 1 fully saturated rings. The van der Waals surface area contributed by atoms with E-state index in [0.29, 0.717) is 18.2 Å². The second kappa shape index (κ2) is 6.79. The molecule has 2 aromatic heterocycles. The van der Waals surface area contributed by atoms with Gasteiger partial charge in [-0.15, -0.1) is 0 Å². The minimum atomic E-state index is -0.0155. The zero-order valence-corrected chi connectivity index (χ0v) is 14.2. The van der Waals surface area contributed by atoms with E-state index in [0.717, 1.165) is 23.7 Å². The van der Waals surface area contributed by atoms with E-state index in [4.69, 9.17) is 0 Å². The maximum absolute atomic E-state index is 12.3. The molecule has 4 nitrogen and oxygen atoms in total. The highest BCUT2D eigenvalue weighted by Gasteiger charge is 2.24. The van der Waals surface area contributed by atoms with Gasteiger partial charge in [0.25, 0.3) is 5.56 Å². The minimum absolute atomic E-state index is 0.0155. The molecular weight excluding hydrogens is 318 g/mol. The van der Waals surface area contributed by atoms with Gasteiger partial charge in [-0.2, -0.15) is 11.8 Å². The average molecular weight is 337 g/mol. The van der Waals surface area contributed by atoms with E-state index in [1.54, 1.807) is 16.7 Å². The normalized spacial score (nSPS) is 18.8. The third kappa shape index (κ3) is 3.09. The van der Waals surface area contributed by atoms with Crippen molar-refractivity contribution in [3.8, 4) is 0 Å². The summed E-state index contributed by atoms with van der Waals surface area (Å²) in [5, 5.41) is 0. The van der Waals surface area contributed by atoms with Crippen molar-refractivity contribution in [2.45, 2.75) is 12.6 Å². The Morgan fingerprint density at radius 3 is 2.83 bits per heavy atom. The summed E-state index contributed by atoms with van der Waals surface area (Å²) in [5.41, 5.74) is 2.88. The van der Waals surface area contributed by atoms with Gasteiger partial charge in [0.1, 0.15) is 5.65 Å². The molecule has 0 radical (unpaired) electrons. The molecule has 3 heterocycles. The van der Waals surface area contributed by atoms with Gasteiger partial charge in [0.15, 0.2) is 0 Å². The zero-order chi connectivity index (χ0) is 16.4. The summed E-state index contributed by atoms with van der Waals surface area (Å²) in [6.07, 6.45) is 1.76. The van der Waals surface area contributed by atoms with Crippen LogP contribution in [0.4, 0.5) is 0 Å². The monoisotopic (exact) mass is 337 g/mol. The van der Waals surface area contributed by atoms with Crippen LogP contribution in [-0.4, -0.2) is 32.3 Å². The van der Waals surface area contributed by atoms with E-state index < -0.39 is 0 Å². The van der Waals surface area contributed by atoms with Crippen molar-refractivity contribution in [1.29, 1.82) is 0 Å². The highest BCUT2D eigenvalue weighted by Crippen LogP contribution is 2.30. The van der Waals surface area contributed by atoms with Crippen molar-refractivity contribution in [2.75, 3.05) is 18.1 Å². The minimum Gasteiger partial charge on any atom is -0.289 e. The third-order valence-corrected chi connectivity index (χ3v) is 5.44. The van der Waals surface area contributed by atoms with Crippen LogP contribution in [-0.2, 0) is 6.54 Å². The fourth-order valence-corrected chi connectivity index (χ4v) is 4.36. The lowest BCUT2D eigenvalue weighted by Crippen LogP contribution is -2.36. The van der Waals surface area contributed by atoms with Crippen LogP contribution in [0.3, 0.4) is 0 Å². The van der Waals surface area contributed by atoms with Gasteiger partial charge in [-0.25, -0.2) is 4.98 Å². The van der Waals surface area contributed by atoms with E-state index in [-0.39, 0.29) is 5.56 Å². The van der Waals surface area contributed by atoms with Crippen molar-refractivity contribution in [3.63, 3.8) is 0 Å². The first-order valence-corrected chi connectivity index (χ1v) is 9.31. The number of hydrogen-bond acceptors (Lipinski definition) is 4. The molecular formula is C19H19N3OS. The van der Waals surface area contributed by atoms with E-state index in [2.05, 4.69) is 40.2 Å². The second-order valence-electron chi connectivity index (χ2n) is 5.99. The van der Waals surface area contributed by atoms with Gasteiger partial charge in [-0.3, -0.25) is 14.1 Å². The molecule has 0 bridgehead atoms. The number of hydrogen-bond donors (Lipinski definition) is 0. The van der Waals surface area contributed by atoms with Gasteiger partial charge in [0, 0.05) is 42.9 Å². The maximum atomic E-state index is 12.3. The lowest BCUT2D eigenvalue weighted by Gasteiger charge is -2.35. The molecule has 1 aliphatic rings. The fourth-order valence-electron chi connectivity index (χ4n) is 3.20. The topological polar surface area (TPSA) is 37.6 Å². The summed E-state index contributed by atoms with van der Waals surface area (Å²) >= 11 is 1.99. The summed E-state index contributed by atoms with van der Waals surface area (Å²) in [4.78, 5) is 19.4. The van der Waals surface area contributed by atoms with Gasteiger partial charge in [0.2, 0.25) is 0 Å². The van der Waals surface area contributed by atoms with Gasteiger partial charge in [-0.1, -0.05) is 36.4 Å². The average Bonchev–Trinajstić information content (AvgIpc) is 2.63. The van der Waals surface area contributed by atoms with Crippen molar-refractivity contribution in [1.82, 2.24) is 14.3 Å². The molecule has 1 atom stereocenters. The molecule has 0 N–H and O–H groups in total. The SMILES string of the molecule is O=c1cc(CN2CCSC[C@H]2c2ccccc2)nc2ccccn12. The van der Waals surface area contributed by atoms with Crippen LogP contribution in [0.15, 0.2) is 65.6 Å². The van der Waals surface area contributed by atoms with Crippen molar-refractivity contribution in [2.24, 2.45) is 0 Å². The number of rotatable bonds is 3. The Hall–Kier alpha value is -2.11. The molecule has 122 valence electrons. The number of thioether (sulfide) groups is 1. The molecule has 5 heteroatoms. The summed E-state index contributed by atoms with van der Waals surface area (Å²) in [6, 6.07) is 18.3. The number of aromatic nitrogens is 2. The molecule has 3 aromatic rings. The van der Waals surface area contributed by atoms with Gasteiger partial charge < -0.3 is 0 Å². The van der Waals surface area contributed by atoms with E-state index >= 15 is 0 Å². The quantitative estimate of drug-likeness (QED) is 0.736. The maximum Gasteiger partial charge on any atom is 0.258 e. The molecule has 0 amide bonds. The first kappa shape index (κ1) is 15.4. The molecule has 0 unspecified atom stereocenters.